The predicted molar refractivity (Wildman–Crippen MR) is 54.3 cm³/mol. The Hall–Kier alpha value is -0.610. The molecule has 1 rings (SSSR count). The minimum atomic E-state index is -0.0758. The molecule has 0 saturated carbocycles. The maximum absolute atomic E-state index is 11.8. The van der Waals surface area contributed by atoms with Crippen LogP contribution in [-0.2, 0) is 9.63 Å². The topological polar surface area (TPSA) is 55.6 Å². The van der Waals surface area contributed by atoms with Gasteiger partial charge in [-0.15, -0.1) is 0 Å². The third kappa shape index (κ3) is 2.96. The van der Waals surface area contributed by atoms with Crippen LogP contribution in [0.25, 0.3) is 0 Å². The van der Waals surface area contributed by atoms with Crippen LogP contribution in [0.1, 0.15) is 26.7 Å². The fourth-order valence-electron chi connectivity index (χ4n) is 1.69. The smallest absolute Gasteiger partial charge is 0.250 e. The average Bonchev–Trinajstić information content (AvgIpc) is 2.65. The number of carbonyl (C=O) groups excluding carboxylic acids is 1. The monoisotopic (exact) mass is 200 g/mol. The highest BCUT2D eigenvalue weighted by Crippen LogP contribution is 2.16. The van der Waals surface area contributed by atoms with E-state index in [1.54, 1.807) is 0 Å². The number of hydrogen-bond acceptors (Lipinski definition) is 3. The van der Waals surface area contributed by atoms with Crippen LogP contribution in [0.15, 0.2) is 0 Å². The van der Waals surface area contributed by atoms with Crippen LogP contribution in [0.3, 0.4) is 0 Å². The van der Waals surface area contributed by atoms with Crippen LogP contribution in [0, 0.1) is 11.8 Å². The molecular formula is C10H20N2O2. The number of amides is 1. The van der Waals surface area contributed by atoms with Gasteiger partial charge < -0.3 is 5.73 Å². The van der Waals surface area contributed by atoms with Gasteiger partial charge in [-0.2, -0.15) is 0 Å². The van der Waals surface area contributed by atoms with Crippen molar-refractivity contribution in [1.82, 2.24) is 5.06 Å². The molecule has 1 fully saturated rings. The van der Waals surface area contributed by atoms with Crippen molar-refractivity contribution in [2.75, 3.05) is 19.7 Å². The van der Waals surface area contributed by atoms with Gasteiger partial charge in [0.05, 0.1) is 19.1 Å². The molecule has 0 radical (unpaired) electrons. The Kier molecular flexibility index (Phi) is 4.35. The second kappa shape index (κ2) is 5.32. The molecule has 1 saturated heterocycles. The quantitative estimate of drug-likeness (QED) is 0.729. The Morgan fingerprint density at radius 3 is 2.71 bits per heavy atom. The number of rotatable bonds is 4. The largest absolute Gasteiger partial charge is 0.330 e. The molecular weight excluding hydrogens is 180 g/mol. The molecule has 0 aliphatic carbocycles. The fraction of sp³-hybridized carbons (Fsp3) is 0.900. The number of nitrogens with two attached hydrogens (primary N) is 1. The molecule has 1 unspecified atom stereocenters. The summed E-state index contributed by atoms with van der Waals surface area (Å²) in [5.41, 5.74) is 5.59. The first-order valence-electron chi connectivity index (χ1n) is 5.29. The molecule has 0 bridgehead atoms. The molecule has 14 heavy (non-hydrogen) atoms. The average molecular weight is 200 g/mol. The Morgan fingerprint density at radius 1 is 1.57 bits per heavy atom. The first-order valence-corrected chi connectivity index (χ1v) is 5.29. The van der Waals surface area contributed by atoms with Crippen LogP contribution in [0.4, 0.5) is 0 Å². The lowest BCUT2D eigenvalue weighted by molar-refractivity contribution is -0.173. The highest BCUT2D eigenvalue weighted by molar-refractivity contribution is 5.78. The Balaban J connectivity index is 2.46. The van der Waals surface area contributed by atoms with Crippen LogP contribution in [-0.4, -0.2) is 30.7 Å². The highest BCUT2D eigenvalue weighted by atomic mass is 16.7. The fourth-order valence-corrected chi connectivity index (χ4v) is 1.69. The summed E-state index contributed by atoms with van der Waals surface area (Å²) in [6, 6.07) is 0. The predicted octanol–water partition coefficient (Wildman–Crippen LogP) is 0.771. The molecule has 1 aliphatic rings. The van der Waals surface area contributed by atoms with Gasteiger partial charge in [0, 0.05) is 6.54 Å². The van der Waals surface area contributed by atoms with Crippen molar-refractivity contribution < 1.29 is 9.63 Å². The minimum absolute atomic E-state index is 0.0544. The molecule has 2 N–H and O–H groups in total. The number of carbonyl (C=O) groups is 1. The van der Waals surface area contributed by atoms with Gasteiger partial charge in [0.15, 0.2) is 0 Å². The third-order valence-electron chi connectivity index (χ3n) is 2.39. The van der Waals surface area contributed by atoms with Gasteiger partial charge in [-0.1, -0.05) is 13.8 Å². The van der Waals surface area contributed by atoms with Gasteiger partial charge in [-0.05, 0) is 18.8 Å². The lowest BCUT2D eigenvalue weighted by Crippen LogP contribution is -2.37. The second-order valence-electron chi connectivity index (χ2n) is 4.19. The zero-order chi connectivity index (χ0) is 10.6. The summed E-state index contributed by atoms with van der Waals surface area (Å²) in [4.78, 5) is 17.0. The molecule has 4 nitrogen and oxygen atoms in total. The molecule has 82 valence electrons. The van der Waals surface area contributed by atoms with E-state index in [0.717, 1.165) is 12.8 Å². The summed E-state index contributed by atoms with van der Waals surface area (Å²) in [6.45, 7) is 5.98. The highest BCUT2D eigenvalue weighted by Gasteiger charge is 2.26. The van der Waals surface area contributed by atoms with E-state index in [1.807, 2.05) is 0 Å². The van der Waals surface area contributed by atoms with Crippen LogP contribution < -0.4 is 5.73 Å². The molecule has 1 aliphatic heterocycles. The SMILES string of the molecule is CC(C)CC(CN)C(=O)N1CCCO1. The van der Waals surface area contributed by atoms with E-state index in [2.05, 4.69) is 13.8 Å². The Bertz CT molecular complexity index is 189. The molecule has 1 atom stereocenters. The standard InChI is InChI=1S/C10H20N2O2/c1-8(2)6-9(7-11)10(13)12-4-3-5-14-12/h8-9H,3-7,11H2,1-2H3. The van der Waals surface area contributed by atoms with Crippen LogP contribution >= 0.6 is 0 Å². The van der Waals surface area contributed by atoms with E-state index in [0.29, 0.717) is 25.6 Å². The van der Waals surface area contributed by atoms with Crippen molar-refractivity contribution in [3.63, 3.8) is 0 Å². The van der Waals surface area contributed by atoms with Crippen molar-refractivity contribution in [3.8, 4) is 0 Å². The Labute approximate surface area is 85.3 Å². The van der Waals surface area contributed by atoms with E-state index >= 15 is 0 Å². The summed E-state index contributed by atoms with van der Waals surface area (Å²) in [5.74, 6) is 0.474. The van der Waals surface area contributed by atoms with Crippen molar-refractivity contribution in [2.45, 2.75) is 26.7 Å². The van der Waals surface area contributed by atoms with Crippen molar-refractivity contribution in [3.05, 3.63) is 0 Å². The maximum Gasteiger partial charge on any atom is 0.250 e. The van der Waals surface area contributed by atoms with E-state index in [1.165, 1.54) is 5.06 Å². The zero-order valence-electron chi connectivity index (χ0n) is 9.03. The third-order valence-corrected chi connectivity index (χ3v) is 2.39. The van der Waals surface area contributed by atoms with E-state index in [9.17, 15) is 4.79 Å². The van der Waals surface area contributed by atoms with Gasteiger partial charge in [-0.25, -0.2) is 5.06 Å². The summed E-state index contributed by atoms with van der Waals surface area (Å²) >= 11 is 0. The molecule has 0 spiro atoms. The van der Waals surface area contributed by atoms with Crippen LogP contribution in [0.2, 0.25) is 0 Å². The normalized spacial score (nSPS) is 19.0. The van der Waals surface area contributed by atoms with Gasteiger partial charge in [-0.3, -0.25) is 9.63 Å². The van der Waals surface area contributed by atoms with E-state index in [4.69, 9.17) is 10.6 Å². The lowest BCUT2D eigenvalue weighted by atomic mass is 9.96. The summed E-state index contributed by atoms with van der Waals surface area (Å²) < 4.78 is 0. The Morgan fingerprint density at radius 2 is 2.29 bits per heavy atom. The van der Waals surface area contributed by atoms with Crippen molar-refractivity contribution in [1.29, 1.82) is 0 Å². The first kappa shape index (κ1) is 11.5. The van der Waals surface area contributed by atoms with E-state index in [-0.39, 0.29) is 11.8 Å². The maximum atomic E-state index is 11.8. The number of hydrogen-bond donors (Lipinski definition) is 1. The zero-order valence-corrected chi connectivity index (χ0v) is 9.03. The van der Waals surface area contributed by atoms with Gasteiger partial charge in [0.2, 0.25) is 0 Å². The number of nitrogens with zero attached hydrogens (tertiary/aromatic N) is 1. The molecule has 0 aromatic rings. The lowest BCUT2D eigenvalue weighted by Gasteiger charge is -2.21. The molecule has 0 aromatic carbocycles. The molecule has 1 amide bonds. The minimum Gasteiger partial charge on any atom is -0.330 e. The summed E-state index contributed by atoms with van der Waals surface area (Å²) in [6.07, 6.45) is 1.78. The number of hydroxylamine groups is 2. The van der Waals surface area contributed by atoms with Gasteiger partial charge >= 0.3 is 0 Å². The summed E-state index contributed by atoms with van der Waals surface area (Å²) in [7, 11) is 0. The van der Waals surface area contributed by atoms with Crippen LogP contribution in [0.5, 0.6) is 0 Å². The van der Waals surface area contributed by atoms with Crippen molar-refractivity contribution >= 4 is 5.91 Å². The molecule has 4 heteroatoms. The van der Waals surface area contributed by atoms with Gasteiger partial charge in [0.25, 0.3) is 5.91 Å². The van der Waals surface area contributed by atoms with Gasteiger partial charge in [0.1, 0.15) is 0 Å². The second-order valence-corrected chi connectivity index (χ2v) is 4.19. The van der Waals surface area contributed by atoms with E-state index < -0.39 is 0 Å². The van der Waals surface area contributed by atoms with Crippen molar-refractivity contribution in [2.24, 2.45) is 17.6 Å². The summed E-state index contributed by atoms with van der Waals surface area (Å²) in [5, 5.41) is 1.47. The first-order chi connectivity index (χ1) is 6.65. The molecule has 1 heterocycles. The molecule has 0 aromatic heterocycles.